The molecule has 0 saturated heterocycles. The highest BCUT2D eigenvalue weighted by molar-refractivity contribution is 5.80. The lowest BCUT2D eigenvalue weighted by molar-refractivity contribution is -0.119. The average Bonchev–Trinajstić information content (AvgIpc) is 2.86. The zero-order valence-electron chi connectivity index (χ0n) is 12.1. The number of ketones is 1. The van der Waals surface area contributed by atoms with E-state index in [0.29, 0.717) is 38.7 Å². The second-order valence-corrected chi connectivity index (χ2v) is 4.61. The van der Waals surface area contributed by atoms with E-state index in [9.17, 15) is 4.79 Å². The molecule has 1 heterocycles. The molecule has 108 valence electrons. The SMILES string of the molecule is CCC(C)n1ccc(CC(=O)CCOCCOC)n1. The summed E-state index contributed by atoms with van der Waals surface area (Å²) >= 11 is 0. The summed E-state index contributed by atoms with van der Waals surface area (Å²) in [6, 6.07) is 2.29. The van der Waals surface area contributed by atoms with Crippen molar-refractivity contribution in [3.63, 3.8) is 0 Å². The highest BCUT2D eigenvalue weighted by Crippen LogP contribution is 2.09. The number of rotatable bonds is 10. The Morgan fingerprint density at radius 2 is 2.21 bits per heavy atom. The summed E-state index contributed by atoms with van der Waals surface area (Å²) in [7, 11) is 1.63. The maximum atomic E-state index is 11.7. The molecule has 1 rings (SSSR count). The van der Waals surface area contributed by atoms with E-state index in [0.717, 1.165) is 12.1 Å². The smallest absolute Gasteiger partial charge is 0.141 e. The van der Waals surface area contributed by atoms with Crippen LogP contribution >= 0.6 is 0 Å². The number of hydrogen-bond donors (Lipinski definition) is 0. The first-order valence-corrected chi connectivity index (χ1v) is 6.79. The van der Waals surface area contributed by atoms with E-state index in [-0.39, 0.29) is 5.78 Å². The second kappa shape index (κ2) is 8.82. The predicted molar refractivity (Wildman–Crippen MR) is 73.3 cm³/mol. The van der Waals surface area contributed by atoms with Gasteiger partial charge in [-0.3, -0.25) is 9.48 Å². The first kappa shape index (κ1) is 15.9. The molecule has 5 nitrogen and oxygen atoms in total. The summed E-state index contributed by atoms with van der Waals surface area (Å²) in [5.74, 6) is 0.159. The quantitative estimate of drug-likeness (QED) is 0.609. The molecule has 0 aliphatic rings. The molecule has 0 fully saturated rings. The molecule has 0 aromatic carbocycles. The number of nitrogens with zero attached hydrogens (tertiary/aromatic N) is 2. The lowest BCUT2D eigenvalue weighted by atomic mass is 10.2. The number of methoxy groups -OCH3 is 1. The van der Waals surface area contributed by atoms with Gasteiger partial charge in [-0.15, -0.1) is 0 Å². The topological polar surface area (TPSA) is 53.4 Å². The Morgan fingerprint density at radius 1 is 1.42 bits per heavy atom. The Hall–Kier alpha value is -1.20. The van der Waals surface area contributed by atoms with Gasteiger partial charge in [-0.05, 0) is 19.4 Å². The minimum Gasteiger partial charge on any atom is -0.382 e. The molecular formula is C14H24N2O3. The molecule has 1 atom stereocenters. The van der Waals surface area contributed by atoms with E-state index in [4.69, 9.17) is 9.47 Å². The van der Waals surface area contributed by atoms with Crippen LogP contribution in [0.5, 0.6) is 0 Å². The minimum absolute atomic E-state index is 0.159. The molecule has 0 aliphatic heterocycles. The zero-order valence-corrected chi connectivity index (χ0v) is 12.1. The van der Waals surface area contributed by atoms with Crippen LogP contribution in [0.3, 0.4) is 0 Å². The highest BCUT2D eigenvalue weighted by atomic mass is 16.5. The summed E-state index contributed by atoms with van der Waals surface area (Å²) in [5.41, 5.74) is 0.835. The van der Waals surface area contributed by atoms with Crippen molar-refractivity contribution in [3.8, 4) is 0 Å². The molecule has 0 bridgehead atoms. The third-order valence-electron chi connectivity index (χ3n) is 3.04. The molecule has 1 aromatic rings. The normalized spacial score (nSPS) is 12.6. The van der Waals surface area contributed by atoms with Crippen LogP contribution in [0.25, 0.3) is 0 Å². The van der Waals surface area contributed by atoms with Crippen molar-refractivity contribution in [2.75, 3.05) is 26.9 Å². The summed E-state index contributed by atoms with van der Waals surface area (Å²) in [6.07, 6.45) is 3.78. The summed E-state index contributed by atoms with van der Waals surface area (Å²) in [6.45, 7) is 5.78. The molecule has 0 saturated carbocycles. The molecule has 0 amide bonds. The van der Waals surface area contributed by atoms with E-state index in [1.54, 1.807) is 7.11 Å². The monoisotopic (exact) mass is 268 g/mol. The van der Waals surface area contributed by atoms with E-state index in [2.05, 4.69) is 18.9 Å². The van der Waals surface area contributed by atoms with Gasteiger partial charge < -0.3 is 9.47 Å². The van der Waals surface area contributed by atoms with Gasteiger partial charge in [0.25, 0.3) is 0 Å². The number of ether oxygens (including phenoxy) is 2. The van der Waals surface area contributed by atoms with Gasteiger partial charge in [-0.1, -0.05) is 6.92 Å². The molecule has 0 spiro atoms. The Kier molecular flexibility index (Phi) is 7.36. The Labute approximate surface area is 114 Å². The number of aromatic nitrogens is 2. The average molecular weight is 268 g/mol. The van der Waals surface area contributed by atoms with E-state index in [1.807, 2.05) is 16.9 Å². The lowest BCUT2D eigenvalue weighted by Crippen LogP contribution is -2.11. The van der Waals surface area contributed by atoms with Gasteiger partial charge in [-0.25, -0.2) is 0 Å². The Morgan fingerprint density at radius 3 is 2.89 bits per heavy atom. The predicted octanol–water partition coefficient (Wildman–Crippen LogP) is 2.02. The maximum Gasteiger partial charge on any atom is 0.141 e. The molecule has 0 radical (unpaired) electrons. The largest absolute Gasteiger partial charge is 0.382 e. The molecule has 0 N–H and O–H groups in total. The van der Waals surface area contributed by atoms with Crippen LogP contribution in [-0.2, 0) is 20.7 Å². The number of hydrogen-bond acceptors (Lipinski definition) is 4. The summed E-state index contributed by atoms with van der Waals surface area (Å²) in [4.78, 5) is 11.7. The van der Waals surface area contributed by atoms with Crippen molar-refractivity contribution in [3.05, 3.63) is 18.0 Å². The van der Waals surface area contributed by atoms with Crippen LogP contribution < -0.4 is 0 Å². The third kappa shape index (κ3) is 5.98. The van der Waals surface area contributed by atoms with Crippen LogP contribution in [-0.4, -0.2) is 42.5 Å². The number of Topliss-reactive ketones (excluding diaryl/α,β-unsaturated/α-hetero) is 1. The van der Waals surface area contributed by atoms with Gasteiger partial charge in [-0.2, -0.15) is 5.10 Å². The summed E-state index contributed by atoms with van der Waals surface area (Å²) in [5, 5.41) is 4.41. The van der Waals surface area contributed by atoms with Crippen molar-refractivity contribution in [2.24, 2.45) is 0 Å². The third-order valence-corrected chi connectivity index (χ3v) is 3.04. The second-order valence-electron chi connectivity index (χ2n) is 4.61. The Bertz CT molecular complexity index is 377. The summed E-state index contributed by atoms with van der Waals surface area (Å²) < 4.78 is 12.0. The van der Waals surface area contributed by atoms with Gasteiger partial charge in [0, 0.05) is 25.8 Å². The number of carbonyl (C=O) groups is 1. The molecule has 5 heteroatoms. The standard InChI is InChI=1S/C14H24N2O3/c1-4-12(2)16-7-5-13(15-16)11-14(17)6-8-19-10-9-18-3/h5,7,12H,4,6,8-11H2,1-3H3. The molecule has 0 aliphatic carbocycles. The van der Waals surface area contributed by atoms with Crippen LogP contribution in [0.4, 0.5) is 0 Å². The van der Waals surface area contributed by atoms with Crippen molar-refractivity contribution in [2.45, 2.75) is 39.2 Å². The zero-order chi connectivity index (χ0) is 14.1. The van der Waals surface area contributed by atoms with Gasteiger partial charge >= 0.3 is 0 Å². The molecule has 1 aromatic heterocycles. The van der Waals surface area contributed by atoms with Crippen molar-refractivity contribution in [1.29, 1.82) is 0 Å². The van der Waals surface area contributed by atoms with Crippen molar-refractivity contribution < 1.29 is 14.3 Å². The first-order chi connectivity index (χ1) is 9.17. The highest BCUT2D eigenvalue weighted by Gasteiger charge is 2.08. The Balaban J connectivity index is 2.26. The fraction of sp³-hybridized carbons (Fsp3) is 0.714. The van der Waals surface area contributed by atoms with Crippen LogP contribution in [0.2, 0.25) is 0 Å². The fourth-order valence-electron chi connectivity index (χ4n) is 1.62. The molecule has 1 unspecified atom stereocenters. The van der Waals surface area contributed by atoms with Gasteiger partial charge in [0.05, 0.1) is 31.9 Å². The number of carbonyl (C=O) groups excluding carboxylic acids is 1. The van der Waals surface area contributed by atoms with E-state index in [1.165, 1.54) is 0 Å². The molecular weight excluding hydrogens is 244 g/mol. The van der Waals surface area contributed by atoms with Crippen molar-refractivity contribution >= 4 is 5.78 Å². The maximum absolute atomic E-state index is 11.7. The first-order valence-electron chi connectivity index (χ1n) is 6.79. The van der Waals surface area contributed by atoms with Crippen LogP contribution in [0, 0.1) is 0 Å². The van der Waals surface area contributed by atoms with Gasteiger partial charge in [0.2, 0.25) is 0 Å². The van der Waals surface area contributed by atoms with Crippen LogP contribution in [0.15, 0.2) is 12.3 Å². The van der Waals surface area contributed by atoms with Gasteiger partial charge in [0.15, 0.2) is 0 Å². The minimum atomic E-state index is 0.159. The fourth-order valence-corrected chi connectivity index (χ4v) is 1.62. The van der Waals surface area contributed by atoms with Gasteiger partial charge in [0.1, 0.15) is 5.78 Å². The van der Waals surface area contributed by atoms with E-state index < -0.39 is 0 Å². The van der Waals surface area contributed by atoms with Crippen molar-refractivity contribution in [1.82, 2.24) is 9.78 Å². The lowest BCUT2D eigenvalue weighted by Gasteiger charge is -2.08. The molecule has 19 heavy (non-hydrogen) atoms. The van der Waals surface area contributed by atoms with E-state index >= 15 is 0 Å². The van der Waals surface area contributed by atoms with Crippen LogP contribution in [0.1, 0.15) is 38.4 Å².